The molecular weight excluding hydrogens is 355 g/mol. The number of alkyl halides is 3. The van der Waals surface area contributed by atoms with Crippen molar-refractivity contribution in [3.63, 3.8) is 0 Å². The molecule has 0 fully saturated rings. The number of pyridine rings is 1. The second-order valence-corrected chi connectivity index (χ2v) is 5.77. The highest BCUT2D eigenvalue weighted by molar-refractivity contribution is 6.34. The van der Waals surface area contributed by atoms with Gasteiger partial charge in [-0.15, -0.1) is 0 Å². The largest absolute Gasteiger partial charge is 0.465 e. The Morgan fingerprint density at radius 3 is 2.20 bits per heavy atom. The summed E-state index contributed by atoms with van der Waals surface area (Å²) >= 11 is 6.01. The zero-order valence-corrected chi connectivity index (χ0v) is 14.8. The molecule has 3 nitrogen and oxygen atoms in total. The lowest BCUT2D eigenvalue weighted by Crippen LogP contribution is -2.18. The number of carbonyl (C=O) groups is 1. The summed E-state index contributed by atoms with van der Waals surface area (Å²) in [6.07, 6.45) is -3.58. The summed E-state index contributed by atoms with van der Waals surface area (Å²) in [5, 5.41) is -0.336. The van der Waals surface area contributed by atoms with Gasteiger partial charge in [0.1, 0.15) is 5.56 Å². The molecule has 1 aromatic carbocycles. The maximum atomic E-state index is 13.5. The van der Waals surface area contributed by atoms with Crippen LogP contribution in [0.2, 0.25) is 5.02 Å². The molecule has 0 saturated heterocycles. The van der Waals surface area contributed by atoms with Crippen LogP contribution in [0.25, 0.3) is 11.3 Å². The van der Waals surface area contributed by atoms with Crippen LogP contribution in [0.1, 0.15) is 41.0 Å². The predicted molar refractivity (Wildman–Crippen MR) is 89.8 cm³/mol. The first-order valence-electron chi connectivity index (χ1n) is 7.71. The molecule has 0 unspecified atom stereocenters. The van der Waals surface area contributed by atoms with Gasteiger partial charge in [0, 0.05) is 5.56 Å². The van der Waals surface area contributed by atoms with Crippen molar-refractivity contribution in [2.24, 2.45) is 0 Å². The predicted octanol–water partition coefficient (Wildman–Crippen LogP) is 5.33. The number of ether oxygens (including phenoxy) is 1. The van der Waals surface area contributed by atoms with E-state index in [4.69, 9.17) is 11.6 Å². The third kappa shape index (κ3) is 3.79. The number of methoxy groups -OCH3 is 1. The molecular formula is C18H17ClF3NO2. The Labute approximate surface area is 148 Å². The summed E-state index contributed by atoms with van der Waals surface area (Å²) in [4.78, 5) is 15.5. The average Bonchev–Trinajstić information content (AvgIpc) is 2.58. The molecule has 0 spiro atoms. The fourth-order valence-corrected chi connectivity index (χ4v) is 2.98. The van der Waals surface area contributed by atoms with Gasteiger partial charge < -0.3 is 4.74 Å². The summed E-state index contributed by atoms with van der Waals surface area (Å²) < 4.78 is 44.8. The first kappa shape index (κ1) is 19.2. The van der Waals surface area contributed by atoms with E-state index in [9.17, 15) is 18.0 Å². The minimum Gasteiger partial charge on any atom is -0.465 e. The number of rotatable bonds is 4. The third-order valence-corrected chi connectivity index (χ3v) is 4.18. The molecule has 0 amide bonds. The Morgan fingerprint density at radius 1 is 1.20 bits per heavy atom. The normalized spacial score (nSPS) is 11.5. The van der Waals surface area contributed by atoms with Crippen molar-refractivity contribution in [2.75, 3.05) is 7.11 Å². The molecule has 0 aliphatic carbocycles. The van der Waals surface area contributed by atoms with Gasteiger partial charge in [0.25, 0.3) is 0 Å². The summed E-state index contributed by atoms with van der Waals surface area (Å²) in [6, 6.07) is 6.82. The van der Waals surface area contributed by atoms with Gasteiger partial charge in [-0.1, -0.05) is 43.6 Å². The number of aryl methyl sites for hydroxylation is 2. The van der Waals surface area contributed by atoms with Crippen LogP contribution in [-0.4, -0.2) is 18.1 Å². The van der Waals surface area contributed by atoms with Crippen molar-refractivity contribution in [3.8, 4) is 11.3 Å². The van der Waals surface area contributed by atoms with Crippen LogP contribution in [0.5, 0.6) is 0 Å². The van der Waals surface area contributed by atoms with Crippen molar-refractivity contribution in [3.05, 3.63) is 51.7 Å². The molecule has 0 radical (unpaired) electrons. The molecule has 0 atom stereocenters. The van der Waals surface area contributed by atoms with Gasteiger partial charge in [0.2, 0.25) is 0 Å². The molecule has 1 heterocycles. The number of hydrogen-bond donors (Lipinski definition) is 0. The van der Waals surface area contributed by atoms with E-state index < -0.39 is 23.4 Å². The number of halogens is 4. The average molecular weight is 372 g/mol. The van der Waals surface area contributed by atoms with Gasteiger partial charge in [-0.25, -0.2) is 9.78 Å². The van der Waals surface area contributed by atoms with E-state index in [-0.39, 0.29) is 10.7 Å². The number of esters is 1. The molecule has 1 aromatic heterocycles. The highest BCUT2D eigenvalue weighted by atomic mass is 35.5. The third-order valence-electron chi connectivity index (χ3n) is 3.88. The molecule has 0 aliphatic rings. The number of carbonyl (C=O) groups excluding carboxylic acids is 1. The van der Waals surface area contributed by atoms with E-state index in [0.717, 1.165) is 18.2 Å². The molecule has 0 N–H and O–H groups in total. The van der Waals surface area contributed by atoms with Crippen molar-refractivity contribution < 1.29 is 22.7 Å². The van der Waals surface area contributed by atoms with Gasteiger partial charge >= 0.3 is 12.1 Å². The first-order chi connectivity index (χ1) is 11.7. The monoisotopic (exact) mass is 371 g/mol. The van der Waals surface area contributed by atoms with Crippen molar-refractivity contribution in [1.82, 2.24) is 4.98 Å². The highest BCUT2D eigenvalue weighted by Gasteiger charge is 2.39. The van der Waals surface area contributed by atoms with Gasteiger partial charge in [-0.05, 0) is 30.0 Å². The van der Waals surface area contributed by atoms with Gasteiger partial charge in [-0.2, -0.15) is 13.2 Å². The number of aromatic nitrogens is 1. The van der Waals surface area contributed by atoms with Crippen molar-refractivity contribution >= 4 is 17.6 Å². The standard InChI is InChI=1S/C18H17ClF3NO2/c1-4-10-7-6-8-11(5-2)14(10)13-9-12(19)15(17(24)25-3)16(23-13)18(20,21)22/h6-9H,4-5H2,1-3H3. The number of nitrogens with zero attached hydrogens (tertiary/aromatic N) is 1. The van der Waals surface area contributed by atoms with Crippen LogP contribution in [-0.2, 0) is 23.8 Å². The summed E-state index contributed by atoms with van der Waals surface area (Å²) in [5.41, 5.74) is 0.335. The fourth-order valence-electron chi connectivity index (χ4n) is 2.71. The maximum Gasteiger partial charge on any atom is 0.434 e. The van der Waals surface area contributed by atoms with Crippen LogP contribution in [0.15, 0.2) is 24.3 Å². The van der Waals surface area contributed by atoms with E-state index in [2.05, 4.69) is 9.72 Å². The molecule has 25 heavy (non-hydrogen) atoms. The zero-order chi connectivity index (χ0) is 18.8. The van der Waals surface area contributed by atoms with E-state index >= 15 is 0 Å². The van der Waals surface area contributed by atoms with Gasteiger partial charge in [0.15, 0.2) is 5.69 Å². The minimum atomic E-state index is -4.84. The van der Waals surface area contributed by atoms with E-state index in [1.54, 1.807) is 0 Å². The smallest absolute Gasteiger partial charge is 0.434 e. The van der Waals surface area contributed by atoms with Crippen LogP contribution in [0.4, 0.5) is 13.2 Å². The molecule has 2 rings (SSSR count). The minimum absolute atomic E-state index is 0.0966. The fraction of sp³-hybridized carbons (Fsp3) is 0.333. The Hall–Kier alpha value is -2.08. The van der Waals surface area contributed by atoms with Gasteiger partial charge in [0.05, 0.1) is 17.8 Å². The van der Waals surface area contributed by atoms with Crippen LogP contribution in [0.3, 0.4) is 0 Å². The highest BCUT2D eigenvalue weighted by Crippen LogP contribution is 2.38. The Bertz CT molecular complexity index is 781. The second-order valence-electron chi connectivity index (χ2n) is 5.36. The summed E-state index contributed by atoms with van der Waals surface area (Å²) in [7, 11) is 0.994. The Kier molecular flexibility index (Phi) is 5.72. The SMILES string of the molecule is CCc1cccc(CC)c1-c1cc(Cl)c(C(=O)OC)c(C(F)(F)F)n1. The summed E-state index contributed by atoms with van der Waals surface area (Å²) in [5.74, 6) is -1.17. The zero-order valence-electron chi connectivity index (χ0n) is 14.0. The van der Waals surface area contributed by atoms with Crippen molar-refractivity contribution in [1.29, 1.82) is 0 Å². The number of benzene rings is 1. The molecule has 0 aliphatic heterocycles. The lowest BCUT2D eigenvalue weighted by molar-refractivity contribution is -0.141. The molecule has 0 bridgehead atoms. The molecule has 0 saturated carbocycles. The molecule has 134 valence electrons. The Morgan fingerprint density at radius 2 is 1.76 bits per heavy atom. The van der Waals surface area contributed by atoms with E-state index in [1.807, 2.05) is 32.0 Å². The van der Waals surface area contributed by atoms with Crippen LogP contribution < -0.4 is 0 Å². The molecule has 7 heteroatoms. The van der Waals surface area contributed by atoms with Gasteiger partial charge in [-0.3, -0.25) is 0 Å². The second kappa shape index (κ2) is 7.44. The summed E-state index contributed by atoms with van der Waals surface area (Å²) in [6.45, 7) is 3.82. The molecule has 2 aromatic rings. The van der Waals surface area contributed by atoms with Crippen molar-refractivity contribution in [2.45, 2.75) is 32.9 Å². The topological polar surface area (TPSA) is 39.2 Å². The maximum absolute atomic E-state index is 13.5. The quantitative estimate of drug-likeness (QED) is 0.682. The van der Waals surface area contributed by atoms with Crippen LogP contribution >= 0.6 is 11.6 Å². The number of hydrogen-bond acceptors (Lipinski definition) is 3. The van der Waals surface area contributed by atoms with E-state index in [1.165, 1.54) is 6.07 Å². The lowest BCUT2D eigenvalue weighted by Gasteiger charge is -2.17. The van der Waals surface area contributed by atoms with Crippen LogP contribution in [0, 0.1) is 0 Å². The first-order valence-corrected chi connectivity index (χ1v) is 8.09. The van der Waals surface area contributed by atoms with E-state index in [0.29, 0.717) is 18.4 Å². The lowest BCUT2D eigenvalue weighted by atomic mass is 9.94. The Balaban J connectivity index is 2.83.